The summed E-state index contributed by atoms with van der Waals surface area (Å²) in [6.07, 6.45) is 3.98. The van der Waals surface area contributed by atoms with Gasteiger partial charge in [0.2, 0.25) is 0 Å². The van der Waals surface area contributed by atoms with Gasteiger partial charge in [0.05, 0.1) is 16.5 Å². The van der Waals surface area contributed by atoms with Gasteiger partial charge in [-0.25, -0.2) is 4.79 Å². The number of likely N-dealkylation sites (tertiary alicyclic amines) is 2. The Balaban J connectivity index is 1.11. The SMILES string of the molecule is CN(C(=O)c1ccc(-c2ccc(C(F)(F)F)cc2)s1)[C@H]1CCN(C(=O)N2CC[C@H](NCC3CCCCC3)C2)C1. The summed E-state index contributed by atoms with van der Waals surface area (Å²) in [5, 5.41) is 3.70. The first-order chi connectivity index (χ1) is 18.7. The van der Waals surface area contributed by atoms with Gasteiger partial charge in [0.1, 0.15) is 0 Å². The Bertz CT molecular complexity index is 1150. The zero-order valence-corrected chi connectivity index (χ0v) is 23.2. The largest absolute Gasteiger partial charge is 0.416 e. The highest BCUT2D eigenvalue weighted by Crippen LogP contribution is 2.34. The van der Waals surface area contributed by atoms with Crippen LogP contribution in [0.2, 0.25) is 0 Å². The second kappa shape index (κ2) is 11.9. The van der Waals surface area contributed by atoms with E-state index in [1.165, 1.54) is 55.6 Å². The van der Waals surface area contributed by atoms with Gasteiger partial charge in [0.25, 0.3) is 5.91 Å². The number of halogens is 3. The number of likely N-dealkylation sites (N-methyl/N-ethyl adjacent to an activating group) is 1. The van der Waals surface area contributed by atoms with Gasteiger partial charge in [-0.1, -0.05) is 31.4 Å². The smallest absolute Gasteiger partial charge is 0.336 e. The summed E-state index contributed by atoms with van der Waals surface area (Å²) >= 11 is 1.27. The number of amides is 3. The Kier molecular flexibility index (Phi) is 8.52. The second-order valence-electron chi connectivity index (χ2n) is 11.2. The molecule has 212 valence electrons. The lowest BCUT2D eigenvalue weighted by Crippen LogP contribution is -2.45. The van der Waals surface area contributed by atoms with Crippen LogP contribution in [0.1, 0.15) is 60.2 Å². The summed E-state index contributed by atoms with van der Waals surface area (Å²) in [6.45, 7) is 3.69. The van der Waals surface area contributed by atoms with Crippen molar-refractivity contribution in [2.45, 2.75) is 63.2 Å². The van der Waals surface area contributed by atoms with Crippen molar-refractivity contribution in [1.29, 1.82) is 0 Å². The fourth-order valence-electron chi connectivity index (χ4n) is 6.03. The monoisotopic (exact) mass is 562 g/mol. The Morgan fingerprint density at radius 3 is 2.36 bits per heavy atom. The third-order valence-corrected chi connectivity index (χ3v) is 9.62. The topological polar surface area (TPSA) is 55.9 Å². The fraction of sp³-hybridized carbons (Fsp3) is 0.586. The summed E-state index contributed by atoms with van der Waals surface area (Å²) in [7, 11) is 1.76. The molecular weight excluding hydrogens is 525 g/mol. The molecule has 0 radical (unpaired) electrons. The molecule has 3 amide bonds. The highest BCUT2D eigenvalue weighted by atomic mass is 32.1. The Labute approximate surface area is 232 Å². The van der Waals surface area contributed by atoms with Gasteiger partial charge in [0, 0.05) is 44.1 Å². The van der Waals surface area contributed by atoms with E-state index >= 15 is 0 Å². The molecule has 3 aliphatic rings. The van der Waals surface area contributed by atoms with E-state index in [4.69, 9.17) is 0 Å². The zero-order valence-electron chi connectivity index (χ0n) is 22.4. The molecule has 0 bridgehead atoms. The third kappa shape index (κ3) is 6.60. The average Bonchev–Trinajstić information content (AvgIpc) is 3.72. The molecule has 2 aromatic rings. The zero-order chi connectivity index (χ0) is 27.6. The summed E-state index contributed by atoms with van der Waals surface area (Å²) in [5.74, 6) is 0.635. The lowest BCUT2D eigenvalue weighted by molar-refractivity contribution is -0.137. The molecule has 0 spiro atoms. The van der Waals surface area contributed by atoms with Crippen molar-refractivity contribution in [2.75, 3.05) is 39.8 Å². The lowest BCUT2D eigenvalue weighted by atomic mass is 9.89. The number of nitrogens with zero attached hydrogens (tertiary/aromatic N) is 3. The molecule has 3 heterocycles. The van der Waals surface area contributed by atoms with Crippen LogP contribution in [0.3, 0.4) is 0 Å². The first-order valence-corrected chi connectivity index (χ1v) is 14.8. The highest BCUT2D eigenvalue weighted by Gasteiger charge is 2.36. The molecule has 3 fully saturated rings. The number of alkyl halides is 3. The Morgan fingerprint density at radius 2 is 1.64 bits per heavy atom. The highest BCUT2D eigenvalue weighted by molar-refractivity contribution is 7.17. The molecule has 2 saturated heterocycles. The number of thiophene rings is 1. The van der Waals surface area contributed by atoms with Crippen LogP contribution in [0, 0.1) is 5.92 Å². The molecule has 1 aromatic heterocycles. The first kappa shape index (κ1) is 28.0. The van der Waals surface area contributed by atoms with E-state index in [1.54, 1.807) is 24.1 Å². The van der Waals surface area contributed by atoms with E-state index in [0.717, 1.165) is 55.4 Å². The lowest BCUT2D eigenvalue weighted by Gasteiger charge is -2.27. The number of hydrogen-bond acceptors (Lipinski definition) is 4. The van der Waals surface area contributed by atoms with Crippen LogP contribution in [0.4, 0.5) is 18.0 Å². The molecule has 1 N–H and O–H groups in total. The van der Waals surface area contributed by atoms with Crippen molar-refractivity contribution in [2.24, 2.45) is 5.92 Å². The normalized spacial score (nSPS) is 22.5. The molecular formula is C29H37F3N4O2S. The quantitative estimate of drug-likeness (QED) is 0.474. The van der Waals surface area contributed by atoms with Gasteiger partial charge in [-0.05, 0) is 68.0 Å². The van der Waals surface area contributed by atoms with Crippen LogP contribution < -0.4 is 5.32 Å². The van der Waals surface area contributed by atoms with E-state index in [0.29, 0.717) is 29.6 Å². The predicted octanol–water partition coefficient (Wildman–Crippen LogP) is 5.94. The standard InChI is InChI=1S/C29H37F3N4O2S/c1-34(27(37)26-12-11-25(39-26)21-7-9-22(10-8-21)29(30,31)32)24-14-16-36(19-24)28(38)35-15-13-23(18-35)33-17-20-5-3-2-4-6-20/h7-12,20,23-24,33H,2-6,13-19H2,1H3/t23-,24-/m0/s1. The summed E-state index contributed by atoms with van der Waals surface area (Å²) in [6, 6.07) is 8.82. The number of urea groups is 1. The third-order valence-electron chi connectivity index (χ3n) is 8.49. The molecule has 1 saturated carbocycles. The second-order valence-corrected chi connectivity index (χ2v) is 12.3. The minimum Gasteiger partial charge on any atom is -0.336 e. The van der Waals surface area contributed by atoms with E-state index < -0.39 is 11.7 Å². The number of carbonyl (C=O) groups is 2. The van der Waals surface area contributed by atoms with Gasteiger partial charge >= 0.3 is 12.2 Å². The number of benzene rings is 1. The average molecular weight is 563 g/mol. The summed E-state index contributed by atoms with van der Waals surface area (Å²) in [5.41, 5.74) is -0.0520. The maximum absolute atomic E-state index is 13.2. The molecule has 1 aliphatic carbocycles. The van der Waals surface area contributed by atoms with E-state index in [-0.39, 0.29) is 18.0 Å². The molecule has 2 atom stereocenters. The summed E-state index contributed by atoms with van der Waals surface area (Å²) in [4.78, 5) is 33.2. The molecule has 39 heavy (non-hydrogen) atoms. The maximum atomic E-state index is 13.2. The van der Waals surface area contributed by atoms with Gasteiger partial charge in [-0.3, -0.25) is 4.79 Å². The van der Waals surface area contributed by atoms with Crippen molar-refractivity contribution in [3.63, 3.8) is 0 Å². The number of rotatable bonds is 6. The molecule has 10 heteroatoms. The van der Waals surface area contributed by atoms with Crippen LogP contribution in [-0.2, 0) is 6.18 Å². The van der Waals surface area contributed by atoms with Gasteiger partial charge in [-0.2, -0.15) is 13.2 Å². The Morgan fingerprint density at radius 1 is 0.949 bits per heavy atom. The minimum atomic E-state index is -4.38. The number of nitrogens with one attached hydrogen (secondary N) is 1. The maximum Gasteiger partial charge on any atom is 0.416 e. The fourth-order valence-corrected chi connectivity index (χ4v) is 7.02. The van der Waals surface area contributed by atoms with Crippen molar-refractivity contribution in [3.8, 4) is 10.4 Å². The first-order valence-electron chi connectivity index (χ1n) is 14.0. The van der Waals surface area contributed by atoms with Crippen molar-refractivity contribution >= 4 is 23.3 Å². The van der Waals surface area contributed by atoms with Gasteiger partial charge in [-0.15, -0.1) is 11.3 Å². The molecule has 1 aromatic carbocycles. The number of hydrogen-bond donors (Lipinski definition) is 1. The summed E-state index contributed by atoms with van der Waals surface area (Å²) < 4.78 is 38.6. The van der Waals surface area contributed by atoms with E-state index in [9.17, 15) is 22.8 Å². The van der Waals surface area contributed by atoms with Crippen LogP contribution in [0.25, 0.3) is 10.4 Å². The minimum absolute atomic E-state index is 0.0565. The van der Waals surface area contributed by atoms with Gasteiger partial charge < -0.3 is 20.0 Å². The van der Waals surface area contributed by atoms with Crippen LogP contribution in [-0.4, -0.2) is 78.5 Å². The van der Waals surface area contributed by atoms with Crippen LogP contribution >= 0.6 is 11.3 Å². The Hall–Kier alpha value is -2.59. The van der Waals surface area contributed by atoms with Crippen LogP contribution in [0.5, 0.6) is 0 Å². The molecule has 6 nitrogen and oxygen atoms in total. The predicted molar refractivity (Wildman–Crippen MR) is 147 cm³/mol. The molecule has 5 rings (SSSR count). The van der Waals surface area contributed by atoms with Crippen molar-refractivity contribution in [3.05, 3.63) is 46.8 Å². The van der Waals surface area contributed by atoms with Gasteiger partial charge in [0.15, 0.2) is 0 Å². The van der Waals surface area contributed by atoms with Crippen molar-refractivity contribution in [1.82, 2.24) is 20.0 Å². The van der Waals surface area contributed by atoms with E-state index in [2.05, 4.69) is 5.32 Å². The van der Waals surface area contributed by atoms with E-state index in [1.807, 2.05) is 9.80 Å². The molecule has 2 aliphatic heterocycles. The van der Waals surface area contributed by atoms with Crippen molar-refractivity contribution < 1.29 is 22.8 Å². The molecule has 0 unspecified atom stereocenters. The number of carbonyl (C=O) groups excluding carboxylic acids is 2. The van der Waals surface area contributed by atoms with Crippen LogP contribution in [0.15, 0.2) is 36.4 Å².